The lowest BCUT2D eigenvalue weighted by atomic mass is 11.4. The SMILES string of the molecule is NC(=O)SC(N)=O. The van der Waals surface area contributed by atoms with E-state index in [0.717, 1.165) is 0 Å². The van der Waals surface area contributed by atoms with Gasteiger partial charge in [0.2, 0.25) is 0 Å². The molecule has 0 saturated heterocycles. The van der Waals surface area contributed by atoms with E-state index in [9.17, 15) is 9.59 Å². The molecule has 2 amide bonds. The Morgan fingerprint density at radius 3 is 1.43 bits per heavy atom. The summed E-state index contributed by atoms with van der Waals surface area (Å²) in [5, 5.41) is -1.54. The molecule has 0 aromatic carbocycles. The third-order valence-corrected chi connectivity index (χ3v) is 0.604. The topological polar surface area (TPSA) is 86.2 Å². The number of rotatable bonds is 0. The van der Waals surface area contributed by atoms with Gasteiger partial charge in [0.05, 0.1) is 0 Å². The molecule has 5 heteroatoms. The van der Waals surface area contributed by atoms with Crippen LogP contribution >= 0.6 is 11.8 Å². The van der Waals surface area contributed by atoms with Crippen molar-refractivity contribution in [2.75, 3.05) is 0 Å². The molecule has 0 rings (SSSR count). The Kier molecular flexibility index (Phi) is 2.21. The van der Waals surface area contributed by atoms with E-state index in [-0.39, 0.29) is 11.8 Å². The van der Waals surface area contributed by atoms with Gasteiger partial charge in [0, 0.05) is 11.8 Å². The molecule has 0 saturated carbocycles. The summed E-state index contributed by atoms with van der Waals surface area (Å²) in [5.41, 5.74) is 9.03. The van der Waals surface area contributed by atoms with E-state index in [1.165, 1.54) is 0 Å². The highest BCUT2D eigenvalue weighted by atomic mass is 32.2. The maximum Gasteiger partial charge on any atom is 0.285 e. The van der Waals surface area contributed by atoms with Crippen LogP contribution in [0.4, 0.5) is 9.59 Å². The molecule has 0 unspecified atom stereocenters. The minimum Gasteiger partial charge on any atom is -0.360 e. The Morgan fingerprint density at radius 1 is 1.14 bits per heavy atom. The summed E-state index contributed by atoms with van der Waals surface area (Å²) in [5.74, 6) is 0. The van der Waals surface area contributed by atoms with Crippen molar-refractivity contribution < 1.29 is 9.59 Å². The first kappa shape index (κ1) is 6.29. The van der Waals surface area contributed by atoms with E-state index in [4.69, 9.17) is 0 Å². The van der Waals surface area contributed by atoms with Gasteiger partial charge < -0.3 is 11.5 Å². The molecule has 0 aliphatic carbocycles. The van der Waals surface area contributed by atoms with Crippen molar-refractivity contribution in [3.05, 3.63) is 0 Å². The van der Waals surface area contributed by atoms with Crippen LogP contribution in [0.1, 0.15) is 0 Å². The molecular weight excluding hydrogens is 116 g/mol. The number of hydrogen-bond acceptors (Lipinski definition) is 3. The molecule has 0 heterocycles. The Hall–Kier alpha value is -0.710. The number of hydrogen-bond donors (Lipinski definition) is 2. The Labute approximate surface area is 44.2 Å². The Morgan fingerprint density at radius 2 is 1.43 bits per heavy atom. The van der Waals surface area contributed by atoms with Gasteiger partial charge in [0.1, 0.15) is 0 Å². The second-order valence-corrected chi connectivity index (χ2v) is 1.75. The molecule has 0 bridgehead atoms. The highest BCUT2D eigenvalue weighted by Crippen LogP contribution is 1.95. The zero-order valence-electron chi connectivity index (χ0n) is 3.38. The van der Waals surface area contributed by atoms with Crippen LogP contribution in [0.3, 0.4) is 0 Å². The van der Waals surface area contributed by atoms with Crippen molar-refractivity contribution in [1.82, 2.24) is 0 Å². The van der Waals surface area contributed by atoms with Gasteiger partial charge in [0.15, 0.2) is 0 Å². The van der Waals surface area contributed by atoms with E-state index in [2.05, 4.69) is 11.5 Å². The molecule has 4 nitrogen and oxygen atoms in total. The van der Waals surface area contributed by atoms with Crippen molar-refractivity contribution in [3.63, 3.8) is 0 Å². The molecule has 0 spiro atoms. The van der Waals surface area contributed by atoms with Gasteiger partial charge in [-0.05, 0) is 0 Å². The van der Waals surface area contributed by atoms with Crippen molar-refractivity contribution in [2.24, 2.45) is 11.5 Å². The van der Waals surface area contributed by atoms with Gasteiger partial charge in [-0.3, -0.25) is 9.59 Å². The second kappa shape index (κ2) is 2.46. The van der Waals surface area contributed by atoms with Crippen molar-refractivity contribution in [1.29, 1.82) is 0 Å². The van der Waals surface area contributed by atoms with Gasteiger partial charge in [0.25, 0.3) is 10.5 Å². The predicted octanol–water partition coefficient (Wildman–Crippen LogP) is -0.123. The second-order valence-electron chi connectivity index (χ2n) is 0.740. The number of primary amides is 2. The number of thioether (sulfide) groups is 1. The average Bonchev–Trinajstić information content (AvgIpc) is 1.27. The zero-order chi connectivity index (χ0) is 5.86. The normalized spacial score (nSPS) is 8.00. The van der Waals surface area contributed by atoms with Gasteiger partial charge in [-0.25, -0.2) is 0 Å². The molecule has 0 aliphatic heterocycles. The Balaban J connectivity index is 3.32. The van der Waals surface area contributed by atoms with E-state index in [0.29, 0.717) is 0 Å². The standard InChI is InChI=1S/C2H4N2O2S/c3-1(5)7-2(4)6/h(H2,3,5)(H2,4,6). The first-order chi connectivity index (χ1) is 3.13. The molecule has 40 valence electrons. The molecule has 0 atom stereocenters. The molecule has 0 fully saturated rings. The van der Waals surface area contributed by atoms with Crippen LogP contribution < -0.4 is 11.5 Å². The monoisotopic (exact) mass is 120 g/mol. The fourth-order valence-corrected chi connectivity index (χ4v) is 0.297. The quantitative estimate of drug-likeness (QED) is 0.467. The minimum absolute atomic E-state index is 0.287. The molecule has 0 radical (unpaired) electrons. The maximum absolute atomic E-state index is 9.69. The lowest BCUT2D eigenvalue weighted by Gasteiger charge is -1.81. The van der Waals surface area contributed by atoms with Gasteiger partial charge >= 0.3 is 0 Å². The summed E-state index contributed by atoms with van der Waals surface area (Å²) in [6.45, 7) is 0. The lowest BCUT2D eigenvalue weighted by molar-refractivity contribution is 0.264. The average molecular weight is 120 g/mol. The van der Waals surface area contributed by atoms with E-state index in [1.807, 2.05) is 0 Å². The summed E-state index contributed by atoms with van der Waals surface area (Å²) in [6.07, 6.45) is 0. The minimum atomic E-state index is -0.771. The van der Waals surface area contributed by atoms with Crippen LogP contribution in [-0.4, -0.2) is 10.5 Å². The molecule has 0 aromatic rings. The van der Waals surface area contributed by atoms with Crippen LogP contribution in [0.15, 0.2) is 0 Å². The number of nitrogens with two attached hydrogens (primary N) is 2. The van der Waals surface area contributed by atoms with E-state index in [1.54, 1.807) is 0 Å². The highest BCUT2D eigenvalue weighted by molar-refractivity contribution is 8.25. The summed E-state index contributed by atoms with van der Waals surface area (Å²) >= 11 is 0.287. The molecule has 7 heavy (non-hydrogen) atoms. The predicted molar refractivity (Wildman–Crippen MR) is 26.8 cm³/mol. The third-order valence-electron chi connectivity index (χ3n) is 0.201. The van der Waals surface area contributed by atoms with Crippen LogP contribution in [0, 0.1) is 0 Å². The molecule has 0 aromatic heterocycles. The summed E-state index contributed by atoms with van der Waals surface area (Å²) < 4.78 is 0. The van der Waals surface area contributed by atoms with E-state index >= 15 is 0 Å². The van der Waals surface area contributed by atoms with Crippen molar-refractivity contribution in [2.45, 2.75) is 0 Å². The Bertz CT molecular complexity index is 89.9. The third kappa shape index (κ3) is 5.29. The van der Waals surface area contributed by atoms with Crippen LogP contribution in [0.5, 0.6) is 0 Å². The highest BCUT2D eigenvalue weighted by Gasteiger charge is 1.97. The molecule has 0 aliphatic rings. The number of carbonyl (C=O) groups excluding carboxylic acids is 2. The number of amides is 2. The van der Waals surface area contributed by atoms with Crippen LogP contribution in [0.25, 0.3) is 0 Å². The van der Waals surface area contributed by atoms with E-state index < -0.39 is 10.5 Å². The lowest BCUT2D eigenvalue weighted by Crippen LogP contribution is -2.11. The summed E-state index contributed by atoms with van der Waals surface area (Å²) in [7, 11) is 0. The first-order valence-electron chi connectivity index (χ1n) is 1.39. The van der Waals surface area contributed by atoms with Gasteiger partial charge in [-0.1, -0.05) is 0 Å². The summed E-state index contributed by atoms with van der Waals surface area (Å²) in [4.78, 5) is 19.4. The number of carbonyl (C=O) groups is 2. The fourth-order valence-electron chi connectivity index (χ4n) is 0.0991. The largest absolute Gasteiger partial charge is 0.360 e. The van der Waals surface area contributed by atoms with Crippen LogP contribution in [0.2, 0.25) is 0 Å². The van der Waals surface area contributed by atoms with Crippen LogP contribution in [-0.2, 0) is 0 Å². The molecular formula is C2H4N2O2S. The first-order valence-corrected chi connectivity index (χ1v) is 2.21. The van der Waals surface area contributed by atoms with Gasteiger partial charge in [-0.2, -0.15) is 0 Å². The zero-order valence-corrected chi connectivity index (χ0v) is 4.20. The fraction of sp³-hybridized carbons (Fsp3) is 0. The maximum atomic E-state index is 9.69. The smallest absolute Gasteiger partial charge is 0.285 e. The summed E-state index contributed by atoms with van der Waals surface area (Å²) in [6, 6.07) is 0. The van der Waals surface area contributed by atoms with Crippen molar-refractivity contribution >= 4 is 22.2 Å². The van der Waals surface area contributed by atoms with Crippen molar-refractivity contribution in [3.8, 4) is 0 Å². The van der Waals surface area contributed by atoms with Gasteiger partial charge in [-0.15, -0.1) is 0 Å². The molecule has 4 N–H and O–H groups in total.